The Morgan fingerprint density at radius 2 is 1.65 bits per heavy atom. The van der Waals surface area contributed by atoms with Gasteiger partial charge in [-0.25, -0.2) is 0 Å². The summed E-state index contributed by atoms with van der Waals surface area (Å²) in [6.07, 6.45) is 0.266. The minimum atomic E-state index is -0.0765. The summed E-state index contributed by atoms with van der Waals surface area (Å²) in [5, 5.41) is 2.90. The molecular weight excluding hydrogens is 294 g/mol. The molecule has 0 aliphatic heterocycles. The molecule has 0 unspecified atom stereocenters. The molecule has 23 heavy (non-hydrogen) atoms. The number of hydrogen-bond donors (Lipinski definition) is 1. The fraction of sp³-hybridized carbons (Fsp3) is 0.278. The highest BCUT2D eigenvalue weighted by molar-refractivity contribution is 5.79. The van der Waals surface area contributed by atoms with E-state index in [1.165, 1.54) is 0 Å². The summed E-state index contributed by atoms with van der Waals surface area (Å²) >= 11 is 0. The topological polar surface area (TPSA) is 56.8 Å². The van der Waals surface area contributed by atoms with Crippen molar-refractivity contribution < 1.29 is 19.0 Å². The van der Waals surface area contributed by atoms with Crippen molar-refractivity contribution in [2.75, 3.05) is 21.3 Å². The zero-order chi connectivity index (χ0) is 16.7. The SMILES string of the molecule is COc1ccc(CNC(=O)Cc2ccccc2OC)c(OC)c1. The average molecular weight is 315 g/mol. The Labute approximate surface area is 136 Å². The van der Waals surface area contributed by atoms with E-state index in [1.807, 2.05) is 36.4 Å². The number of carbonyl (C=O) groups is 1. The van der Waals surface area contributed by atoms with E-state index in [0.29, 0.717) is 23.8 Å². The van der Waals surface area contributed by atoms with Crippen LogP contribution in [0.1, 0.15) is 11.1 Å². The predicted molar refractivity (Wildman–Crippen MR) is 88.1 cm³/mol. The molecule has 0 aromatic heterocycles. The summed E-state index contributed by atoms with van der Waals surface area (Å²) < 4.78 is 15.7. The van der Waals surface area contributed by atoms with Gasteiger partial charge in [0.15, 0.2) is 0 Å². The number of nitrogens with one attached hydrogen (secondary N) is 1. The highest BCUT2D eigenvalue weighted by Gasteiger charge is 2.10. The smallest absolute Gasteiger partial charge is 0.224 e. The standard InChI is InChI=1S/C18H21NO4/c1-21-15-9-8-14(17(11-15)23-3)12-19-18(20)10-13-6-4-5-7-16(13)22-2/h4-9,11H,10,12H2,1-3H3,(H,19,20). The van der Waals surface area contributed by atoms with Gasteiger partial charge in [0, 0.05) is 23.7 Å². The van der Waals surface area contributed by atoms with Crippen LogP contribution in [0, 0.1) is 0 Å². The molecule has 2 aromatic rings. The van der Waals surface area contributed by atoms with Crippen LogP contribution in [-0.4, -0.2) is 27.2 Å². The number of hydrogen-bond acceptors (Lipinski definition) is 4. The minimum absolute atomic E-state index is 0.0765. The lowest BCUT2D eigenvalue weighted by atomic mass is 10.1. The van der Waals surface area contributed by atoms with Crippen molar-refractivity contribution in [2.24, 2.45) is 0 Å². The molecule has 0 bridgehead atoms. The van der Waals surface area contributed by atoms with Crippen molar-refractivity contribution in [3.8, 4) is 17.2 Å². The molecule has 0 aliphatic carbocycles. The molecule has 1 N–H and O–H groups in total. The third kappa shape index (κ3) is 4.39. The zero-order valence-corrected chi connectivity index (χ0v) is 13.6. The maximum Gasteiger partial charge on any atom is 0.224 e. The summed E-state index contributed by atoms with van der Waals surface area (Å²) in [4.78, 5) is 12.1. The van der Waals surface area contributed by atoms with Crippen molar-refractivity contribution >= 4 is 5.91 Å². The van der Waals surface area contributed by atoms with Gasteiger partial charge in [-0.05, 0) is 18.2 Å². The molecule has 0 fully saturated rings. The second-order valence-electron chi connectivity index (χ2n) is 4.94. The maximum atomic E-state index is 12.1. The minimum Gasteiger partial charge on any atom is -0.497 e. The summed E-state index contributed by atoms with van der Waals surface area (Å²) in [7, 11) is 4.79. The molecule has 2 rings (SSSR count). The van der Waals surface area contributed by atoms with Crippen LogP contribution in [-0.2, 0) is 17.8 Å². The van der Waals surface area contributed by atoms with Crippen LogP contribution in [0.2, 0.25) is 0 Å². The molecule has 5 nitrogen and oxygen atoms in total. The molecule has 0 radical (unpaired) electrons. The molecule has 0 spiro atoms. The van der Waals surface area contributed by atoms with Crippen LogP contribution in [0.4, 0.5) is 0 Å². The molecule has 0 aliphatic rings. The molecule has 0 saturated heterocycles. The Morgan fingerprint density at radius 1 is 0.913 bits per heavy atom. The third-order valence-electron chi connectivity index (χ3n) is 3.51. The summed E-state index contributed by atoms with van der Waals surface area (Å²) in [6, 6.07) is 13.0. The maximum absolute atomic E-state index is 12.1. The van der Waals surface area contributed by atoms with E-state index in [9.17, 15) is 4.79 Å². The third-order valence-corrected chi connectivity index (χ3v) is 3.51. The van der Waals surface area contributed by atoms with Gasteiger partial charge in [0.25, 0.3) is 0 Å². The fourth-order valence-electron chi connectivity index (χ4n) is 2.28. The normalized spacial score (nSPS) is 10.0. The van der Waals surface area contributed by atoms with Gasteiger partial charge in [0.1, 0.15) is 17.2 Å². The number of carbonyl (C=O) groups excluding carboxylic acids is 1. The lowest BCUT2D eigenvalue weighted by Crippen LogP contribution is -2.25. The average Bonchev–Trinajstić information content (AvgIpc) is 2.60. The van der Waals surface area contributed by atoms with E-state index in [2.05, 4.69) is 5.32 Å². The molecule has 2 aromatic carbocycles. The van der Waals surface area contributed by atoms with Gasteiger partial charge < -0.3 is 19.5 Å². The van der Waals surface area contributed by atoms with Crippen LogP contribution >= 0.6 is 0 Å². The molecule has 5 heteroatoms. The van der Waals surface area contributed by atoms with Gasteiger partial charge in [-0.1, -0.05) is 18.2 Å². The van der Waals surface area contributed by atoms with E-state index in [4.69, 9.17) is 14.2 Å². The molecular formula is C18H21NO4. The largest absolute Gasteiger partial charge is 0.497 e. The van der Waals surface area contributed by atoms with Gasteiger partial charge in [-0.2, -0.15) is 0 Å². The fourth-order valence-corrected chi connectivity index (χ4v) is 2.28. The molecule has 0 heterocycles. The van der Waals surface area contributed by atoms with Gasteiger partial charge in [-0.3, -0.25) is 4.79 Å². The first-order chi connectivity index (χ1) is 11.2. The number of para-hydroxylation sites is 1. The van der Waals surface area contributed by atoms with Crippen LogP contribution < -0.4 is 19.5 Å². The Hall–Kier alpha value is -2.69. The highest BCUT2D eigenvalue weighted by Crippen LogP contribution is 2.24. The first-order valence-electron chi connectivity index (χ1n) is 7.27. The number of benzene rings is 2. The van der Waals surface area contributed by atoms with Crippen molar-refractivity contribution in [3.05, 3.63) is 53.6 Å². The second kappa shape index (κ2) is 8.08. The van der Waals surface area contributed by atoms with Crippen LogP contribution in [0.3, 0.4) is 0 Å². The van der Waals surface area contributed by atoms with Crippen LogP contribution in [0.15, 0.2) is 42.5 Å². The second-order valence-corrected chi connectivity index (χ2v) is 4.94. The number of amides is 1. The van der Waals surface area contributed by atoms with E-state index >= 15 is 0 Å². The lowest BCUT2D eigenvalue weighted by Gasteiger charge is -2.12. The Balaban J connectivity index is 1.99. The van der Waals surface area contributed by atoms with E-state index in [1.54, 1.807) is 27.4 Å². The van der Waals surface area contributed by atoms with E-state index in [-0.39, 0.29) is 12.3 Å². The first kappa shape index (κ1) is 16.7. The van der Waals surface area contributed by atoms with Gasteiger partial charge in [-0.15, -0.1) is 0 Å². The van der Waals surface area contributed by atoms with Crippen LogP contribution in [0.25, 0.3) is 0 Å². The quantitative estimate of drug-likeness (QED) is 0.853. The molecule has 0 atom stereocenters. The molecule has 1 amide bonds. The zero-order valence-electron chi connectivity index (χ0n) is 13.6. The monoisotopic (exact) mass is 315 g/mol. The van der Waals surface area contributed by atoms with Gasteiger partial charge in [0.2, 0.25) is 5.91 Å². The van der Waals surface area contributed by atoms with Gasteiger partial charge >= 0.3 is 0 Å². The van der Waals surface area contributed by atoms with E-state index < -0.39 is 0 Å². The number of methoxy groups -OCH3 is 3. The summed E-state index contributed by atoms with van der Waals surface area (Å²) in [5.41, 5.74) is 1.75. The van der Waals surface area contributed by atoms with Gasteiger partial charge in [0.05, 0.1) is 27.8 Å². The van der Waals surface area contributed by atoms with Crippen LogP contribution in [0.5, 0.6) is 17.2 Å². The number of rotatable bonds is 7. The Morgan fingerprint density at radius 3 is 2.35 bits per heavy atom. The lowest BCUT2D eigenvalue weighted by molar-refractivity contribution is -0.120. The Bertz CT molecular complexity index is 670. The van der Waals surface area contributed by atoms with Crippen molar-refractivity contribution in [1.82, 2.24) is 5.32 Å². The predicted octanol–water partition coefficient (Wildman–Crippen LogP) is 2.57. The van der Waals surface area contributed by atoms with Crippen molar-refractivity contribution in [3.63, 3.8) is 0 Å². The highest BCUT2D eigenvalue weighted by atomic mass is 16.5. The summed E-state index contributed by atoms with van der Waals surface area (Å²) in [6.45, 7) is 0.390. The molecule has 0 saturated carbocycles. The van der Waals surface area contributed by atoms with Crippen molar-refractivity contribution in [2.45, 2.75) is 13.0 Å². The number of ether oxygens (including phenoxy) is 3. The Kier molecular flexibility index (Phi) is 5.86. The first-order valence-corrected chi connectivity index (χ1v) is 7.27. The summed E-state index contributed by atoms with van der Waals surface area (Å²) in [5.74, 6) is 2.03. The van der Waals surface area contributed by atoms with Crippen molar-refractivity contribution in [1.29, 1.82) is 0 Å². The molecule has 122 valence electrons. The van der Waals surface area contributed by atoms with E-state index in [0.717, 1.165) is 11.1 Å².